The smallest absolute Gasteiger partial charge is 0.269 e. The van der Waals surface area contributed by atoms with Gasteiger partial charge in [0.05, 0.1) is 17.4 Å². The van der Waals surface area contributed by atoms with Gasteiger partial charge in [0.1, 0.15) is 5.69 Å². The molecule has 1 atom stereocenters. The molecule has 6 nitrogen and oxygen atoms in total. The summed E-state index contributed by atoms with van der Waals surface area (Å²) in [7, 11) is 0. The summed E-state index contributed by atoms with van der Waals surface area (Å²) in [5.74, 6) is -0.167. The first-order chi connectivity index (χ1) is 11.9. The summed E-state index contributed by atoms with van der Waals surface area (Å²) in [4.78, 5) is 12.4. The van der Waals surface area contributed by atoms with Gasteiger partial charge in [-0.05, 0) is 39.8 Å². The zero-order valence-electron chi connectivity index (χ0n) is 15.0. The molecule has 1 aromatic carbocycles. The zero-order chi connectivity index (χ0) is 18.0. The third kappa shape index (κ3) is 3.79. The molecule has 1 amide bonds. The van der Waals surface area contributed by atoms with Crippen LogP contribution in [0.5, 0.6) is 0 Å². The van der Waals surface area contributed by atoms with Crippen molar-refractivity contribution in [1.29, 1.82) is 0 Å². The number of nitrogens with zero attached hydrogens (tertiary/aromatic N) is 3. The van der Waals surface area contributed by atoms with E-state index in [2.05, 4.69) is 20.6 Å². The molecule has 0 radical (unpaired) electrons. The number of aryl methyl sites for hydroxylation is 3. The van der Waals surface area contributed by atoms with Crippen LogP contribution < -0.4 is 5.32 Å². The van der Waals surface area contributed by atoms with Crippen LogP contribution in [0.4, 0.5) is 0 Å². The number of nitrogens with one attached hydrogen (secondary N) is 2. The van der Waals surface area contributed by atoms with Gasteiger partial charge in [-0.15, -0.1) is 0 Å². The lowest BCUT2D eigenvalue weighted by molar-refractivity contribution is 0.0942. The molecule has 0 unspecified atom stereocenters. The van der Waals surface area contributed by atoms with Gasteiger partial charge in [0.25, 0.3) is 5.91 Å². The number of H-pyrrole nitrogens is 1. The van der Waals surface area contributed by atoms with Gasteiger partial charge < -0.3 is 5.32 Å². The molecule has 0 saturated carbocycles. The van der Waals surface area contributed by atoms with Gasteiger partial charge in [-0.3, -0.25) is 14.6 Å². The van der Waals surface area contributed by atoms with Crippen molar-refractivity contribution in [2.75, 3.05) is 6.54 Å². The lowest BCUT2D eigenvalue weighted by Crippen LogP contribution is -2.30. The third-order valence-electron chi connectivity index (χ3n) is 4.19. The highest BCUT2D eigenvalue weighted by Gasteiger charge is 2.14. The van der Waals surface area contributed by atoms with Crippen molar-refractivity contribution in [2.45, 2.75) is 33.7 Å². The van der Waals surface area contributed by atoms with E-state index in [1.165, 1.54) is 5.56 Å². The van der Waals surface area contributed by atoms with Crippen molar-refractivity contribution in [3.8, 4) is 11.3 Å². The van der Waals surface area contributed by atoms with E-state index in [1.807, 2.05) is 62.7 Å². The molecule has 0 bridgehead atoms. The largest absolute Gasteiger partial charge is 0.349 e. The fourth-order valence-corrected chi connectivity index (χ4v) is 2.82. The van der Waals surface area contributed by atoms with Crippen molar-refractivity contribution >= 4 is 5.91 Å². The van der Waals surface area contributed by atoms with Crippen molar-refractivity contribution in [2.24, 2.45) is 0 Å². The molecule has 2 heterocycles. The van der Waals surface area contributed by atoms with Crippen LogP contribution >= 0.6 is 0 Å². The van der Waals surface area contributed by atoms with Crippen molar-refractivity contribution in [3.63, 3.8) is 0 Å². The van der Waals surface area contributed by atoms with Crippen LogP contribution in [0, 0.1) is 20.8 Å². The quantitative estimate of drug-likeness (QED) is 0.751. The monoisotopic (exact) mass is 337 g/mol. The number of aromatic nitrogens is 4. The van der Waals surface area contributed by atoms with Crippen LogP contribution in [-0.2, 0) is 0 Å². The van der Waals surface area contributed by atoms with E-state index in [4.69, 9.17) is 0 Å². The lowest BCUT2D eigenvalue weighted by Gasteiger charge is -2.14. The highest BCUT2D eigenvalue weighted by Crippen LogP contribution is 2.18. The summed E-state index contributed by atoms with van der Waals surface area (Å²) >= 11 is 0. The average molecular weight is 337 g/mol. The number of carbonyl (C=O) groups excluding carboxylic acids is 1. The zero-order valence-corrected chi connectivity index (χ0v) is 15.0. The second-order valence-corrected chi connectivity index (χ2v) is 6.46. The van der Waals surface area contributed by atoms with E-state index in [0.717, 1.165) is 22.6 Å². The Bertz CT molecular complexity index is 876. The van der Waals surface area contributed by atoms with Gasteiger partial charge in [-0.2, -0.15) is 10.2 Å². The van der Waals surface area contributed by atoms with E-state index < -0.39 is 0 Å². The number of carbonyl (C=O) groups is 1. The minimum absolute atomic E-state index is 0.0807. The summed E-state index contributed by atoms with van der Waals surface area (Å²) in [6, 6.07) is 11.9. The van der Waals surface area contributed by atoms with Gasteiger partial charge in [0, 0.05) is 17.8 Å². The number of amides is 1. The molecular weight excluding hydrogens is 314 g/mol. The second-order valence-electron chi connectivity index (χ2n) is 6.46. The van der Waals surface area contributed by atoms with Crippen LogP contribution in [0.3, 0.4) is 0 Å². The first-order valence-electron chi connectivity index (χ1n) is 8.37. The molecule has 0 aliphatic rings. The van der Waals surface area contributed by atoms with Crippen LogP contribution in [-0.4, -0.2) is 32.4 Å². The predicted molar refractivity (Wildman–Crippen MR) is 97.5 cm³/mol. The van der Waals surface area contributed by atoms with Crippen molar-refractivity contribution < 1.29 is 4.79 Å². The van der Waals surface area contributed by atoms with Gasteiger partial charge in [-0.1, -0.05) is 29.8 Å². The van der Waals surface area contributed by atoms with Crippen molar-refractivity contribution in [1.82, 2.24) is 25.3 Å². The lowest BCUT2D eigenvalue weighted by atomic mass is 10.1. The first-order valence-corrected chi connectivity index (χ1v) is 8.37. The minimum atomic E-state index is -0.167. The number of hydrogen-bond donors (Lipinski definition) is 2. The molecule has 0 aliphatic carbocycles. The fourth-order valence-electron chi connectivity index (χ4n) is 2.82. The first kappa shape index (κ1) is 17.0. The Morgan fingerprint density at radius 3 is 2.56 bits per heavy atom. The molecule has 2 aromatic heterocycles. The van der Waals surface area contributed by atoms with E-state index in [0.29, 0.717) is 12.2 Å². The summed E-state index contributed by atoms with van der Waals surface area (Å²) in [6.07, 6.45) is 0. The minimum Gasteiger partial charge on any atom is -0.349 e. The maximum atomic E-state index is 12.4. The Morgan fingerprint density at radius 1 is 1.20 bits per heavy atom. The summed E-state index contributed by atoms with van der Waals surface area (Å²) in [6.45, 7) is 8.55. The van der Waals surface area contributed by atoms with E-state index in [1.54, 1.807) is 6.07 Å². The second kappa shape index (κ2) is 6.93. The van der Waals surface area contributed by atoms with Gasteiger partial charge in [0.2, 0.25) is 0 Å². The van der Waals surface area contributed by atoms with Gasteiger partial charge in [0.15, 0.2) is 0 Å². The van der Waals surface area contributed by atoms with Crippen LogP contribution in [0.2, 0.25) is 0 Å². The average Bonchev–Trinajstić information content (AvgIpc) is 3.20. The summed E-state index contributed by atoms with van der Waals surface area (Å²) in [5, 5.41) is 14.4. The standard InChI is InChI=1S/C19H23N5O/c1-12-5-7-16(8-6-12)17-10-18(22-21-17)19(25)20-11-15(4)24-14(3)9-13(2)23-24/h5-10,15H,11H2,1-4H3,(H,20,25)(H,21,22)/t15-/m1/s1. The maximum Gasteiger partial charge on any atom is 0.269 e. The SMILES string of the molecule is Cc1ccc(-c2cc(C(=O)NC[C@@H](C)n3nc(C)cc3C)[nH]n2)cc1. The van der Waals surface area contributed by atoms with E-state index in [-0.39, 0.29) is 11.9 Å². The predicted octanol–water partition coefficient (Wildman–Crippen LogP) is 3.19. The van der Waals surface area contributed by atoms with Gasteiger partial charge in [-0.25, -0.2) is 0 Å². The van der Waals surface area contributed by atoms with Gasteiger partial charge >= 0.3 is 0 Å². The number of hydrogen-bond acceptors (Lipinski definition) is 3. The molecule has 0 saturated heterocycles. The molecule has 0 spiro atoms. The van der Waals surface area contributed by atoms with E-state index >= 15 is 0 Å². The normalized spacial score (nSPS) is 12.2. The molecule has 25 heavy (non-hydrogen) atoms. The Balaban J connectivity index is 1.64. The highest BCUT2D eigenvalue weighted by atomic mass is 16.1. The van der Waals surface area contributed by atoms with Crippen molar-refractivity contribution in [3.05, 3.63) is 59.0 Å². The fraction of sp³-hybridized carbons (Fsp3) is 0.316. The summed E-state index contributed by atoms with van der Waals surface area (Å²) < 4.78 is 1.93. The van der Waals surface area contributed by atoms with Crippen LogP contribution in [0.25, 0.3) is 11.3 Å². The topological polar surface area (TPSA) is 75.6 Å². The molecular formula is C19H23N5O. The number of benzene rings is 1. The molecule has 6 heteroatoms. The molecule has 3 aromatic rings. The number of aromatic amines is 1. The molecule has 0 fully saturated rings. The van der Waals surface area contributed by atoms with Crippen LogP contribution in [0.1, 0.15) is 40.4 Å². The molecule has 0 aliphatic heterocycles. The highest BCUT2D eigenvalue weighted by molar-refractivity contribution is 5.93. The number of rotatable bonds is 5. The Kier molecular flexibility index (Phi) is 4.70. The Labute approximate surface area is 147 Å². The summed E-state index contributed by atoms with van der Waals surface area (Å²) in [5.41, 5.74) is 5.45. The molecule has 2 N–H and O–H groups in total. The maximum absolute atomic E-state index is 12.4. The van der Waals surface area contributed by atoms with E-state index in [9.17, 15) is 4.79 Å². The van der Waals surface area contributed by atoms with Crippen LogP contribution in [0.15, 0.2) is 36.4 Å². The Morgan fingerprint density at radius 2 is 1.92 bits per heavy atom. The molecule has 3 rings (SSSR count). The molecule has 130 valence electrons. The Hall–Kier alpha value is -2.89. The third-order valence-corrected chi connectivity index (χ3v) is 4.19.